The molecule has 362 valence electrons. The number of carbonyl (C=O) groups excluding carboxylic acids is 5. The second kappa shape index (κ2) is 26.4. The molecule has 70 heavy (non-hydrogen) atoms. The second-order valence-electron chi connectivity index (χ2n) is 15.6. The number of rotatable bonds is 27. The van der Waals surface area contributed by atoms with Gasteiger partial charge in [0.25, 0.3) is 0 Å². The Hall–Kier alpha value is -8.11. The standard InChI is InChI=1S/C54H53N3O12S/c1-5-48(58)65-31-15-9-7-13-29-63-40-23-19-37(20-24-40)52(61)68-46-33-39(35-55-57-54-56-45-17-11-12-18-47(45)70-54)50(44-34-42(27-28-43(44)46)67-51(60)36(3)4)69-53(62)38-21-25-41(26-22-38)64-30-14-8-10-16-32-66-49(59)6-2/h5-6,11-12,17-28,33-35H,1-3,7-10,13-16,29-32H2,4H3,(H,56,57)/b55-35+. The highest BCUT2D eigenvalue weighted by Crippen LogP contribution is 2.40. The molecule has 1 aromatic heterocycles. The first-order chi connectivity index (χ1) is 34.0. The number of ether oxygens (including phenoxy) is 7. The molecule has 6 aromatic rings. The van der Waals surface area contributed by atoms with Crippen LogP contribution in [0.5, 0.6) is 28.7 Å². The number of hydrogen-bond acceptors (Lipinski definition) is 16. The number of nitrogens with zero attached hydrogens (tertiary/aromatic N) is 2. The molecule has 0 spiro atoms. The molecular weight excluding hydrogens is 915 g/mol. The van der Waals surface area contributed by atoms with Crippen LogP contribution in [-0.2, 0) is 23.9 Å². The molecule has 0 fully saturated rings. The van der Waals surface area contributed by atoms with Crippen molar-refractivity contribution in [1.29, 1.82) is 0 Å². The lowest BCUT2D eigenvalue weighted by molar-refractivity contribution is -0.138. The van der Waals surface area contributed by atoms with Crippen molar-refractivity contribution < 1.29 is 57.1 Å². The van der Waals surface area contributed by atoms with Crippen LogP contribution in [0.15, 0.2) is 140 Å². The third kappa shape index (κ3) is 15.5. The van der Waals surface area contributed by atoms with Gasteiger partial charge in [0.05, 0.1) is 54.0 Å². The summed E-state index contributed by atoms with van der Waals surface area (Å²) < 4.78 is 40.5. The Morgan fingerprint density at radius 1 is 0.629 bits per heavy atom. The number of fused-ring (bicyclic) bond motifs is 2. The highest BCUT2D eigenvalue weighted by molar-refractivity contribution is 7.22. The van der Waals surface area contributed by atoms with E-state index in [0.29, 0.717) is 48.4 Å². The van der Waals surface area contributed by atoms with E-state index in [1.54, 1.807) is 54.6 Å². The summed E-state index contributed by atoms with van der Waals surface area (Å²) in [5.74, 6) is -1.59. The second-order valence-corrected chi connectivity index (χ2v) is 16.7. The van der Waals surface area contributed by atoms with Crippen LogP contribution in [0.3, 0.4) is 0 Å². The fourth-order valence-electron chi connectivity index (χ4n) is 6.64. The molecule has 5 aromatic carbocycles. The quantitative estimate of drug-likeness (QED) is 0.0128. The van der Waals surface area contributed by atoms with Crippen LogP contribution >= 0.6 is 11.3 Å². The minimum Gasteiger partial charge on any atom is -0.494 e. The first-order valence-corrected chi connectivity index (χ1v) is 23.4. The molecule has 0 atom stereocenters. The molecule has 0 bridgehead atoms. The number of aromatic nitrogens is 1. The number of hydrazone groups is 1. The maximum atomic E-state index is 14.0. The van der Waals surface area contributed by atoms with Crippen LogP contribution in [0.1, 0.15) is 84.6 Å². The summed E-state index contributed by atoms with van der Waals surface area (Å²) in [6, 6.07) is 26.8. The zero-order chi connectivity index (χ0) is 49.7. The van der Waals surface area contributed by atoms with Crippen LogP contribution in [0.4, 0.5) is 5.13 Å². The molecule has 16 heteroatoms. The number of carbonyl (C=O) groups is 5. The monoisotopic (exact) mass is 967 g/mol. The molecule has 0 amide bonds. The molecule has 0 saturated heterocycles. The lowest BCUT2D eigenvalue weighted by Crippen LogP contribution is -2.13. The molecule has 1 heterocycles. The van der Waals surface area contributed by atoms with Crippen LogP contribution in [0.2, 0.25) is 0 Å². The highest BCUT2D eigenvalue weighted by atomic mass is 32.1. The van der Waals surface area contributed by atoms with Gasteiger partial charge in [0, 0.05) is 34.1 Å². The van der Waals surface area contributed by atoms with E-state index < -0.39 is 29.8 Å². The number of esters is 5. The van der Waals surface area contributed by atoms with Gasteiger partial charge in [-0.3, -0.25) is 5.43 Å². The fraction of sp³-hybridized carbons (Fsp3) is 0.241. The summed E-state index contributed by atoms with van der Waals surface area (Å²) in [5.41, 5.74) is 4.57. The number of hydrogen-bond donors (Lipinski definition) is 1. The van der Waals surface area contributed by atoms with E-state index in [1.165, 1.54) is 42.7 Å². The van der Waals surface area contributed by atoms with Gasteiger partial charge < -0.3 is 33.2 Å². The Labute approximate surface area is 409 Å². The van der Waals surface area contributed by atoms with Gasteiger partial charge in [0.2, 0.25) is 5.13 Å². The third-order valence-electron chi connectivity index (χ3n) is 10.3. The van der Waals surface area contributed by atoms with Crippen LogP contribution < -0.4 is 29.1 Å². The highest BCUT2D eigenvalue weighted by Gasteiger charge is 2.22. The van der Waals surface area contributed by atoms with Crippen molar-refractivity contribution in [1.82, 2.24) is 4.98 Å². The van der Waals surface area contributed by atoms with E-state index in [1.807, 2.05) is 24.3 Å². The molecular formula is C54H53N3O12S. The number of nitrogens with one attached hydrogen (secondary N) is 1. The number of thiazole rings is 1. The Morgan fingerprint density at radius 2 is 1.17 bits per heavy atom. The summed E-state index contributed by atoms with van der Waals surface area (Å²) >= 11 is 1.39. The predicted octanol–water partition coefficient (Wildman–Crippen LogP) is 11.2. The zero-order valence-electron chi connectivity index (χ0n) is 38.8. The molecule has 0 aliphatic heterocycles. The Kier molecular flexibility index (Phi) is 19.4. The van der Waals surface area contributed by atoms with Crippen LogP contribution in [0.25, 0.3) is 21.0 Å². The average Bonchev–Trinajstić information content (AvgIpc) is 3.79. The summed E-state index contributed by atoms with van der Waals surface area (Å²) in [6.45, 7) is 13.6. The largest absolute Gasteiger partial charge is 0.494 e. The van der Waals surface area contributed by atoms with E-state index in [2.05, 4.69) is 35.2 Å². The summed E-state index contributed by atoms with van der Waals surface area (Å²) in [4.78, 5) is 67.4. The first-order valence-electron chi connectivity index (χ1n) is 22.6. The maximum absolute atomic E-state index is 14.0. The number of benzene rings is 5. The van der Waals surface area contributed by atoms with E-state index in [-0.39, 0.29) is 44.9 Å². The molecule has 0 radical (unpaired) electrons. The van der Waals surface area contributed by atoms with E-state index in [0.717, 1.165) is 73.7 Å². The summed E-state index contributed by atoms with van der Waals surface area (Å²) in [5, 5.41) is 5.55. The number of para-hydroxylation sites is 1. The zero-order valence-corrected chi connectivity index (χ0v) is 39.6. The smallest absolute Gasteiger partial charge is 0.343 e. The Balaban J connectivity index is 1.21. The van der Waals surface area contributed by atoms with Crippen molar-refractivity contribution in [3.05, 3.63) is 151 Å². The first kappa shape index (κ1) is 51.3. The van der Waals surface area contributed by atoms with E-state index in [4.69, 9.17) is 33.2 Å². The molecule has 0 unspecified atom stereocenters. The Morgan fingerprint density at radius 3 is 1.73 bits per heavy atom. The van der Waals surface area contributed by atoms with Gasteiger partial charge in [-0.2, -0.15) is 5.10 Å². The fourth-order valence-corrected chi connectivity index (χ4v) is 7.45. The molecule has 0 aliphatic carbocycles. The normalized spacial score (nSPS) is 10.9. The van der Waals surface area contributed by atoms with Crippen molar-refractivity contribution in [3.63, 3.8) is 0 Å². The van der Waals surface area contributed by atoms with Gasteiger partial charge in [0.15, 0.2) is 0 Å². The average molecular weight is 968 g/mol. The van der Waals surface area contributed by atoms with Crippen LogP contribution in [-0.4, -0.2) is 67.5 Å². The van der Waals surface area contributed by atoms with E-state index in [9.17, 15) is 24.0 Å². The minimum atomic E-state index is -0.721. The Bertz CT molecular complexity index is 2820. The topological polar surface area (TPSA) is 187 Å². The predicted molar refractivity (Wildman–Crippen MR) is 268 cm³/mol. The number of unbranched alkanes of at least 4 members (excludes halogenated alkanes) is 6. The molecule has 0 saturated carbocycles. The number of anilines is 1. The molecule has 0 aliphatic rings. The van der Waals surface area contributed by atoms with Gasteiger partial charge in [-0.1, -0.05) is 43.2 Å². The van der Waals surface area contributed by atoms with Crippen molar-refractivity contribution in [2.75, 3.05) is 31.9 Å². The summed E-state index contributed by atoms with van der Waals surface area (Å²) in [7, 11) is 0. The van der Waals surface area contributed by atoms with Crippen molar-refractivity contribution in [2.45, 2.75) is 58.3 Å². The van der Waals surface area contributed by atoms with E-state index >= 15 is 0 Å². The maximum Gasteiger partial charge on any atom is 0.343 e. The van der Waals surface area contributed by atoms with Gasteiger partial charge in [-0.15, -0.1) is 0 Å². The molecule has 15 nitrogen and oxygen atoms in total. The van der Waals surface area contributed by atoms with Gasteiger partial charge in [0.1, 0.15) is 28.7 Å². The SMILES string of the molecule is C=CC(=O)OCCCCCCOc1ccc(C(=O)Oc2cc(/C=N/Nc3nc4ccccc4s3)c(OC(=O)c3ccc(OCCCCCCOC(=O)C=C)cc3)c3cc(OC(=O)C(=C)C)ccc23)cc1. The van der Waals surface area contributed by atoms with Crippen molar-refractivity contribution in [3.8, 4) is 28.7 Å². The van der Waals surface area contributed by atoms with Gasteiger partial charge >= 0.3 is 29.8 Å². The van der Waals surface area contributed by atoms with Crippen molar-refractivity contribution >= 4 is 73.5 Å². The molecule has 1 N–H and O–H groups in total. The summed E-state index contributed by atoms with van der Waals surface area (Å²) in [6.07, 6.45) is 10.2. The molecule has 6 rings (SSSR count). The lowest BCUT2D eigenvalue weighted by Gasteiger charge is -2.16. The minimum absolute atomic E-state index is 0.0279. The van der Waals surface area contributed by atoms with Crippen LogP contribution in [0, 0.1) is 0 Å². The van der Waals surface area contributed by atoms with Gasteiger partial charge in [-0.05, 0) is 143 Å². The van der Waals surface area contributed by atoms with Crippen molar-refractivity contribution in [2.24, 2.45) is 5.10 Å². The van der Waals surface area contributed by atoms with Gasteiger partial charge in [-0.25, -0.2) is 29.0 Å². The third-order valence-corrected chi connectivity index (χ3v) is 11.2. The lowest BCUT2D eigenvalue weighted by atomic mass is 10.0.